The molecule has 1 fully saturated rings. The number of nitrogens with one attached hydrogen (secondary N) is 3. The molecule has 4 heterocycles. The molecule has 1 aliphatic rings. The average molecular weight is 589 g/mol. The first-order valence-corrected chi connectivity index (χ1v) is 14.0. The number of aromatic nitrogens is 4. The quantitative estimate of drug-likeness (QED) is 0.240. The summed E-state index contributed by atoms with van der Waals surface area (Å²) in [4.78, 5) is 48.8. The van der Waals surface area contributed by atoms with Gasteiger partial charge in [0.05, 0.1) is 77.3 Å². The molecule has 5 rings (SSSR count). The topological polar surface area (TPSA) is 143 Å². The number of anilines is 2. The molecule has 0 atom stereocenters. The second-order valence-corrected chi connectivity index (χ2v) is 10.3. The first-order chi connectivity index (χ1) is 20.8. The Morgan fingerprint density at radius 2 is 1.79 bits per heavy atom. The number of halogens is 1. The monoisotopic (exact) mass is 588 g/mol. The lowest BCUT2D eigenvalue weighted by atomic mass is 10.1. The molecule has 0 bridgehead atoms. The van der Waals surface area contributed by atoms with Gasteiger partial charge in [-0.05, 0) is 51.1 Å². The number of piperidine rings is 1. The zero-order valence-electron chi connectivity index (χ0n) is 24.0. The van der Waals surface area contributed by atoms with Crippen LogP contribution in [0.1, 0.15) is 45.7 Å². The lowest BCUT2D eigenvalue weighted by molar-refractivity contribution is -0.117. The summed E-state index contributed by atoms with van der Waals surface area (Å²) in [7, 11) is 1.51. The predicted molar refractivity (Wildman–Crippen MR) is 158 cm³/mol. The second kappa shape index (κ2) is 13.5. The Morgan fingerprint density at radius 3 is 2.56 bits per heavy atom. The number of methoxy groups -OCH3 is 1. The SMILES string of the molecule is COCCNC(=O)c1ccc(-c2cn3ncc(C(=O)Nc4cc(NC(=O)CN5CCCCC5)cnc4C)c3cn2)cc1F. The van der Waals surface area contributed by atoms with Gasteiger partial charge in [-0.2, -0.15) is 5.10 Å². The molecule has 4 aromatic rings. The largest absolute Gasteiger partial charge is 0.383 e. The predicted octanol–water partition coefficient (Wildman–Crippen LogP) is 3.29. The fraction of sp³-hybridized carbons (Fsp3) is 0.333. The van der Waals surface area contributed by atoms with Crippen LogP contribution < -0.4 is 16.0 Å². The van der Waals surface area contributed by atoms with E-state index in [0.29, 0.717) is 47.0 Å². The summed E-state index contributed by atoms with van der Waals surface area (Å²) in [6, 6.07) is 5.88. The Morgan fingerprint density at radius 1 is 0.977 bits per heavy atom. The van der Waals surface area contributed by atoms with Crippen LogP contribution in [-0.4, -0.2) is 82.1 Å². The number of carbonyl (C=O) groups is 3. The van der Waals surface area contributed by atoms with Crippen LogP contribution in [0.4, 0.5) is 15.8 Å². The number of fused-ring (bicyclic) bond motifs is 1. The van der Waals surface area contributed by atoms with Gasteiger partial charge < -0.3 is 20.7 Å². The van der Waals surface area contributed by atoms with E-state index < -0.39 is 17.6 Å². The standard InChI is InChI=1S/C30H33FN8O4/c1-19-25(13-21(14-33-19)36-28(40)18-38-9-4-3-5-10-38)37-30(42)23-15-35-39-17-26(34-16-27(23)39)20-6-7-22(24(31)12-20)29(41)32-8-11-43-2/h6-7,12-17H,3-5,8-11,18H2,1-2H3,(H,32,41)(H,36,40)(H,37,42). The maximum absolute atomic E-state index is 14.7. The lowest BCUT2D eigenvalue weighted by Crippen LogP contribution is -2.36. The fourth-order valence-electron chi connectivity index (χ4n) is 4.87. The summed E-state index contributed by atoms with van der Waals surface area (Å²) in [6.45, 7) is 4.48. The number of benzene rings is 1. The third kappa shape index (κ3) is 7.19. The summed E-state index contributed by atoms with van der Waals surface area (Å²) in [5.41, 5.74) is 2.98. The number of ether oxygens (including phenoxy) is 1. The van der Waals surface area contributed by atoms with Gasteiger partial charge in [0.2, 0.25) is 5.91 Å². The molecule has 13 heteroatoms. The molecule has 12 nitrogen and oxygen atoms in total. The van der Waals surface area contributed by atoms with Crippen LogP contribution in [0.25, 0.3) is 16.8 Å². The molecule has 0 unspecified atom stereocenters. The van der Waals surface area contributed by atoms with Crippen molar-refractivity contribution in [2.24, 2.45) is 0 Å². The Bertz CT molecular complexity index is 1650. The molecule has 43 heavy (non-hydrogen) atoms. The van der Waals surface area contributed by atoms with E-state index in [1.807, 2.05) is 0 Å². The molecule has 0 radical (unpaired) electrons. The highest BCUT2D eigenvalue weighted by Crippen LogP contribution is 2.23. The normalized spacial score (nSPS) is 13.6. The van der Waals surface area contributed by atoms with Crippen LogP contribution in [0, 0.1) is 12.7 Å². The number of nitrogens with zero attached hydrogens (tertiary/aromatic N) is 5. The number of aryl methyl sites for hydroxylation is 1. The van der Waals surface area contributed by atoms with Crippen molar-refractivity contribution in [3.05, 3.63) is 71.7 Å². The van der Waals surface area contributed by atoms with Crippen LogP contribution in [0.15, 0.2) is 49.1 Å². The van der Waals surface area contributed by atoms with Crippen molar-refractivity contribution in [2.75, 3.05) is 50.5 Å². The van der Waals surface area contributed by atoms with E-state index in [2.05, 4.69) is 35.9 Å². The molecule has 1 aromatic carbocycles. The van der Waals surface area contributed by atoms with Crippen LogP contribution in [-0.2, 0) is 9.53 Å². The highest BCUT2D eigenvalue weighted by atomic mass is 19.1. The molecule has 0 saturated carbocycles. The zero-order chi connectivity index (χ0) is 30.3. The van der Waals surface area contributed by atoms with Crippen LogP contribution in [0.3, 0.4) is 0 Å². The molecule has 3 aromatic heterocycles. The van der Waals surface area contributed by atoms with E-state index >= 15 is 0 Å². The number of hydrogen-bond donors (Lipinski definition) is 3. The Hall–Kier alpha value is -4.75. The fourth-order valence-corrected chi connectivity index (χ4v) is 4.87. The van der Waals surface area contributed by atoms with Crippen LogP contribution >= 0.6 is 0 Å². The van der Waals surface area contributed by atoms with Crippen molar-refractivity contribution in [2.45, 2.75) is 26.2 Å². The summed E-state index contributed by atoms with van der Waals surface area (Å²) in [5.74, 6) is -1.79. The molecule has 0 aliphatic carbocycles. The van der Waals surface area contributed by atoms with Gasteiger partial charge in [-0.25, -0.2) is 8.91 Å². The minimum absolute atomic E-state index is 0.0885. The summed E-state index contributed by atoms with van der Waals surface area (Å²) >= 11 is 0. The molecule has 3 amide bonds. The van der Waals surface area contributed by atoms with E-state index in [4.69, 9.17) is 4.74 Å². The molecule has 0 spiro atoms. The Balaban J connectivity index is 1.27. The first-order valence-electron chi connectivity index (χ1n) is 14.0. The van der Waals surface area contributed by atoms with Crippen molar-refractivity contribution in [3.8, 4) is 11.3 Å². The third-order valence-corrected chi connectivity index (χ3v) is 7.19. The van der Waals surface area contributed by atoms with Crippen molar-refractivity contribution in [1.82, 2.24) is 29.8 Å². The maximum atomic E-state index is 14.7. The summed E-state index contributed by atoms with van der Waals surface area (Å²) < 4.78 is 21.1. The number of carbonyl (C=O) groups excluding carboxylic acids is 3. The molecule has 1 aliphatic heterocycles. The number of pyridine rings is 1. The minimum Gasteiger partial charge on any atom is -0.383 e. The molecule has 3 N–H and O–H groups in total. The van der Waals surface area contributed by atoms with E-state index in [1.165, 1.54) is 42.6 Å². The number of hydrogen-bond acceptors (Lipinski definition) is 8. The van der Waals surface area contributed by atoms with Gasteiger partial charge in [-0.3, -0.25) is 29.3 Å². The van der Waals surface area contributed by atoms with Gasteiger partial charge in [-0.1, -0.05) is 12.5 Å². The molecular formula is C30H33FN8O4. The molecular weight excluding hydrogens is 555 g/mol. The minimum atomic E-state index is -0.691. The van der Waals surface area contributed by atoms with E-state index in [0.717, 1.165) is 25.9 Å². The number of rotatable bonds is 10. The van der Waals surface area contributed by atoms with Crippen molar-refractivity contribution < 1.29 is 23.5 Å². The lowest BCUT2D eigenvalue weighted by Gasteiger charge is -2.25. The highest BCUT2D eigenvalue weighted by Gasteiger charge is 2.18. The van der Waals surface area contributed by atoms with Gasteiger partial charge in [0.25, 0.3) is 11.8 Å². The first kappa shape index (κ1) is 29.7. The van der Waals surface area contributed by atoms with Crippen molar-refractivity contribution in [1.29, 1.82) is 0 Å². The van der Waals surface area contributed by atoms with Gasteiger partial charge >= 0.3 is 0 Å². The number of amides is 3. The van der Waals surface area contributed by atoms with Gasteiger partial charge in [0.1, 0.15) is 5.82 Å². The van der Waals surface area contributed by atoms with Gasteiger partial charge in [0.15, 0.2) is 0 Å². The number of likely N-dealkylation sites (tertiary alicyclic amines) is 1. The van der Waals surface area contributed by atoms with Crippen molar-refractivity contribution >= 4 is 34.6 Å². The van der Waals surface area contributed by atoms with E-state index in [-0.39, 0.29) is 23.6 Å². The molecule has 1 saturated heterocycles. The highest BCUT2D eigenvalue weighted by molar-refractivity contribution is 6.09. The van der Waals surface area contributed by atoms with Crippen LogP contribution in [0.2, 0.25) is 0 Å². The van der Waals surface area contributed by atoms with Gasteiger partial charge in [-0.15, -0.1) is 0 Å². The zero-order valence-corrected chi connectivity index (χ0v) is 24.0. The average Bonchev–Trinajstić information content (AvgIpc) is 3.43. The Kier molecular flexibility index (Phi) is 9.32. The van der Waals surface area contributed by atoms with Crippen LogP contribution in [0.5, 0.6) is 0 Å². The smallest absolute Gasteiger partial charge is 0.259 e. The van der Waals surface area contributed by atoms with Gasteiger partial charge in [0, 0.05) is 19.2 Å². The molecule has 224 valence electrons. The summed E-state index contributed by atoms with van der Waals surface area (Å²) in [6.07, 6.45) is 9.40. The second-order valence-electron chi connectivity index (χ2n) is 10.3. The van der Waals surface area contributed by atoms with E-state index in [9.17, 15) is 18.8 Å². The Labute approximate surface area is 247 Å². The van der Waals surface area contributed by atoms with Crippen molar-refractivity contribution in [3.63, 3.8) is 0 Å². The summed E-state index contributed by atoms with van der Waals surface area (Å²) in [5, 5.41) is 12.6. The maximum Gasteiger partial charge on any atom is 0.259 e. The third-order valence-electron chi connectivity index (χ3n) is 7.19. The van der Waals surface area contributed by atoms with E-state index in [1.54, 1.807) is 31.5 Å².